The number of carbonyl (C=O) groups is 2. The van der Waals surface area contributed by atoms with E-state index in [0.29, 0.717) is 30.5 Å². The van der Waals surface area contributed by atoms with Gasteiger partial charge < -0.3 is 14.8 Å². The van der Waals surface area contributed by atoms with Crippen LogP contribution in [0.1, 0.15) is 92.5 Å². The van der Waals surface area contributed by atoms with E-state index in [9.17, 15) is 9.59 Å². The van der Waals surface area contributed by atoms with Gasteiger partial charge in [-0.2, -0.15) is 0 Å². The predicted octanol–water partition coefficient (Wildman–Crippen LogP) is 7.61. The van der Waals surface area contributed by atoms with Crippen LogP contribution in [-0.4, -0.2) is 70.3 Å². The number of hydrogen-bond donors (Lipinski definition) is 1. The van der Waals surface area contributed by atoms with Crippen LogP contribution < -0.4 is 5.32 Å². The monoisotopic (exact) mass is 655 g/mol. The van der Waals surface area contributed by atoms with Crippen LogP contribution in [0.3, 0.4) is 0 Å². The fourth-order valence-electron chi connectivity index (χ4n) is 6.94. The number of nitrogens with zero attached hydrogens (tertiary/aromatic N) is 4. The summed E-state index contributed by atoms with van der Waals surface area (Å²) in [6, 6.07) is 21.2. The molecule has 252 valence electrons. The number of imidazole rings is 1. The number of hydrogen-bond acceptors (Lipinski definition) is 6. The molecule has 2 aromatic carbocycles. The van der Waals surface area contributed by atoms with Crippen LogP contribution in [0.5, 0.6) is 0 Å². The maximum atomic E-state index is 13.6. The number of aromatic nitrogens is 2. The molecule has 1 amide bonds. The standard InChI is InChI=1S/C39H53N5O2S/c1-5-33(6-2)44-36-16-15-31(25-35(36)41-38(44)27-34-14-10-23-47-34)37(45)26-32(24-29(3)4)39(46)40-17-11-18-42-19-21-43(22-20-42)28-30-12-8-7-9-13-30/h7-10,12-16,23,25,29,32-33H,5-6,11,17-22,24,26-28H2,1-4H3,(H,40,46)/t32-/m1/s1. The Labute approximate surface area is 285 Å². The molecule has 1 atom stereocenters. The van der Waals surface area contributed by atoms with Crippen molar-refractivity contribution >= 4 is 34.1 Å². The van der Waals surface area contributed by atoms with Crippen LogP contribution in [-0.2, 0) is 17.8 Å². The Balaban J connectivity index is 1.15. The van der Waals surface area contributed by atoms with Crippen LogP contribution in [0.25, 0.3) is 11.0 Å². The quantitative estimate of drug-likeness (QED) is 0.0937. The number of carbonyl (C=O) groups excluding carboxylic acids is 2. The van der Waals surface area contributed by atoms with Gasteiger partial charge in [0.1, 0.15) is 5.82 Å². The number of rotatable bonds is 17. The maximum Gasteiger partial charge on any atom is 0.223 e. The zero-order chi connectivity index (χ0) is 33.2. The van der Waals surface area contributed by atoms with E-state index in [0.717, 1.165) is 81.8 Å². The molecule has 8 heteroatoms. The molecule has 3 heterocycles. The molecule has 1 N–H and O–H groups in total. The lowest BCUT2D eigenvalue weighted by Gasteiger charge is -2.34. The first kappa shape index (κ1) is 35.0. The number of benzene rings is 2. The first-order valence-corrected chi connectivity index (χ1v) is 18.5. The Morgan fingerprint density at radius 2 is 1.68 bits per heavy atom. The van der Waals surface area contributed by atoms with Gasteiger partial charge in [-0.1, -0.05) is 64.1 Å². The second-order valence-electron chi connectivity index (χ2n) is 13.5. The van der Waals surface area contributed by atoms with Crippen LogP contribution in [0.2, 0.25) is 0 Å². The van der Waals surface area contributed by atoms with Gasteiger partial charge in [0, 0.05) is 74.5 Å². The van der Waals surface area contributed by atoms with Gasteiger partial charge in [0.15, 0.2) is 5.78 Å². The normalized spacial score (nSPS) is 15.1. The number of piperazine rings is 1. The third-order valence-corrected chi connectivity index (χ3v) is 10.4. The first-order valence-electron chi connectivity index (χ1n) is 17.7. The zero-order valence-corrected chi connectivity index (χ0v) is 29.6. The van der Waals surface area contributed by atoms with E-state index < -0.39 is 0 Å². The van der Waals surface area contributed by atoms with E-state index in [1.54, 1.807) is 11.3 Å². The minimum Gasteiger partial charge on any atom is -0.356 e. The summed E-state index contributed by atoms with van der Waals surface area (Å²) in [7, 11) is 0. The molecule has 47 heavy (non-hydrogen) atoms. The lowest BCUT2D eigenvalue weighted by atomic mass is 9.89. The second-order valence-corrected chi connectivity index (χ2v) is 14.6. The Hall–Kier alpha value is -3.33. The zero-order valence-electron chi connectivity index (χ0n) is 28.8. The first-order chi connectivity index (χ1) is 22.8. The van der Waals surface area contributed by atoms with Crippen LogP contribution >= 0.6 is 11.3 Å². The average molecular weight is 656 g/mol. The van der Waals surface area contributed by atoms with Crippen molar-refractivity contribution in [3.63, 3.8) is 0 Å². The molecule has 0 radical (unpaired) electrons. The predicted molar refractivity (Wildman–Crippen MR) is 194 cm³/mol. The van der Waals surface area contributed by atoms with Crippen molar-refractivity contribution in [2.24, 2.45) is 11.8 Å². The Morgan fingerprint density at radius 1 is 0.936 bits per heavy atom. The summed E-state index contributed by atoms with van der Waals surface area (Å²) in [6.07, 6.45) is 4.66. The average Bonchev–Trinajstić information content (AvgIpc) is 3.72. The lowest BCUT2D eigenvalue weighted by Crippen LogP contribution is -2.46. The number of thiophene rings is 1. The van der Waals surface area contributed by atoms with E-state index in [1.165, 1.54) is 10.4 Å². The molecule has 0 unspecified atom stereocenters. The molecule has 5 rings (SSSR count). The highest BCUT2D eigenvalue weighted by Crippen LogP contribution is 2.29. The molecule has 1 fully saturated rings. The summed E-state index contributed by atoms with van der Waals surface area (Å²) in [5, 5.41) is 5.28. The molecule has 7 nitrogen and oxygen atoms in total. The fourth-order valence-corrected chi connectivity index (χ4v) is 7.64. The molecule has 4 aromatic rings. The van der Waals surface area contributed by atoms with Crippen molar-refractivity contribution < 1.29 is 9.59 Å². The third-order valence-electron chi connectivity index (χ3n) is 9.53. The van der Waals surface area contributed by atoms with E-state index in [4.69, 9.17) is 4.98 Å². The van der Waals surface area contributed by atoms with Gasteiger partial charge in [0.05, 0.1) is 11.0 Å². The number of Topliss-reactive ketones (excluding diaryl/α,β-unsaturated/α-hetero) is 1. The molecular weight excluding hydrogens is 603 g/mol. The molecule has 0 bridgehead atoms. The summed E-state index contributed by atoms with van der Waals surface area (Å²) in [5.41, 5.74) is 3.95. The SMILES string of the molecule is CCC(CC)n1c(Cc2cccs2)nc2cc(C(=O)C[C@@H](CC(C)C)C(=O)NCCCN3CCN(Cc4ccccc4)CC3)ccc21. The lowest BCUT2D eigenvalue weighted by molar-refractivity contribution is -0.125. The van der Waals surface area contributed by atoms with E-state index >= 15 is 0 Å². The van der Waals surface area contributed by atoms with Crippen molar-refractivity contribution in [3.05, 3.63) is 87.9 Å². The summed E-state index contributed by atoms with van der Waals surface area (Å²) < 4.78 is 2.38. The minimum atomic E-state index is -0.337. The smallest absolute Gasteiger partial charge is 0.223 e. The van der Waals surface area contributed by atoms with Gasteiger partial charge in [-0.3, -0.25) is 14.5 Å². The van der Waals surface area contributed by atoms with Gasteiger partial charge in [-0.05, 0) is 73.4 Å². The van der Waals surface area contributed by atoms with Gasteiger partial charge in [0.25, 0.3) is 0 Å². The van der Waals surface area contributed by atoms with Gasteiger partial charge in [0.2, 0.25) is 5.91 Å². The van der Waals surface area contributed by atoms with E-state index in [-0.39, 0.29) is 24.0 Å². The largest absolute Gasteiger partial charge is 0.356 e. The van der Waals surface area contributed by atoms with Gasteiger partial charge in [-0.25, -0.2) is 4.98 Å². The third kappa shape index (κ3) is 9.62. The second kappa shape index (κ2) is 17.2. The topological polar surface area (TPSA) is 70.5 Å². The van der Waals surface area contributed by atoms with Crippen LogP contribution in [0, 0.1) is 11.8 Å². The van der Waals surface area contributed by atoms with Crippen LogP contribution in [0.15, 0.2) is 66.0 Å². The number of fused-ring (bicyclic) bond motifs is 1. The summed E-state index contributed by atoms with van der Waals surface area (Å²) >= 11 is 1.75. The molecule has 0 spiro atoms. The summed E-state index contributed by atoms with van der Waals surface area (Å²) in [4.78, 5) is 38.4. The maximum absolute atomic E-state index is 13.6. The van der Waals surface area contributed by atoms with Gasteiger partial charge in [-0.15, -0.1) is 11.3 Å². The highest BCUT2D eigenvalue weighted by atomic mass is 32.1. The summed E-state index contributed by atoms with van der Waals surface area (Å²) in [5.74, 6) is 1.04. The van der Waals surface area contributed by atoms with Crippen molar-refractivity contribution in [2.45, 2.75) is 78.8 Å². The highest BCUT2D eigenvalue weighted by Gasteiger charge is 2.25. The number of amides is 1. The van der Waals surface area contributed by atoms with Gasteiger partial charge >= 0.3 is 0 Å². The minimum absolute atomic E-state index is 0.00273. The van der Waals surface area contributed by atoms with E-state index in [1.807, 2.05) is 12.1 Å². The van der Waals surface area contributed by atoms with Crippen molar-refractivity contribution in [1.29, 1.82) is 0 Å². The molecule has 2 aromatic heterocycles. The highest BCUT2D eigenvalue weighted by molar-refractivity contribution is 7.09. The van der Waals surface area contributed by atoms with Crippen molar-refractivity contribution in [1.82, 2.24) is 24.7 Å². The molecule has 1 saturated heterocycles. The number of ketones is 1. The van der Waals surface area contributed by atoms with Crippen LogP contribution in [0.4, 0.5) is 0 Å². The Morgan fingerprint density at radius 3 is 2.36 bits per heavy atom. The fraction of sp³-hybridized carbons (Fsp3) is 0.513. The molecule has 1 aliphatic rings. The van der Waals surface area contributed by atoms with Crippen molar-refractivity contribution in [2.75, 3.05) is 39.3 Å². The molecule has 0 saturated carbocycles. The molecule has 1 aliphatic heterocycles. The Bertz CT molecular complexity index is 1550. The number of nitrogens with one attached hydrogen (secondary N) is 1. The Kier molecular flexibility index (Phi) is 12.8. The van der Waals surface area contributed by atoms with Crippen molar-refractivity contribution in [3.8, 4) is 0 Å². The molecule has 0 aliphatic carbocycles. The summed E-state index contributed by atoms with van der Waals surface area (Å²) in [6.45, 7) is 15.6. The van der Waals surface area contributed by atoms with E-state index in [2.05, 4.69) is 101 Å². The molecular formula is C39H53N5O2S.